The Bertz CT molecular complexity index is 2010. The quantitative estimate of drug-likeness (QED) is 0.282. The van der Waals surface area contributed by atoms with Gasteiger partial charge in [0.2, 0.25) is 11.8 Å². The number of carbonyl (C=O) groups is 5. The van der Waals surface area contributed by atoms with Crippen LogP contribution in [0.15, 0.2) is 48.9 Å². The van der Waals surface area contributed by atoms with Crippen molar-refractivity contribution in [1.29, 1.82) is 5.26 Å². The largest absolute Gasteiger partial charge is 0.419 e. The maximum Gasteiger partial charge on any atom is 0.419 e. The third-order valence-corrected chi connectivity index (χ3v) is 8.56. The van der Waals surface area contributed by atoms with Crippen molar-refractivity contribution in [2.45, 2.75) is 50.1 Å². The molecular weight excluding hydrogens is 652 g/mol. The Kier molecular flexibility index (Phi) is 7.84. The van der Waals surface area contributed by atoms with Crippen LogP contribution in [-0.4, -0.2) is 74.0 Å². The number of fused-ring (bicyclic) bond motifs is 1. The first-order chi connectivity index (χ1) is 23.0. The molecule has 1 unspecified atom stereocenters. The zero-order valence-electron chi connectivity index (χ0n) is 25.8. The number of benzene rings is 1. The molecule has 17 heteroatoms. The van der Waals surface area contributed by atoms with Crippen LogP contribution in [0.3, 0.4) is 0 Å². The second-order valence-corrected chi connectivity index (χ2v) is 12.4. The average molecular weight is 679 g/mol. The first kappa shape index (κ1) is 33.0. The highest BCUT2D eigenvalue weighted by molar-refractivity contribution is 6.23. The third-order valence-electron chi connectivity index (χ3n) is 8.56. The summed E-state index contributed by atoms with van der Waals surface area (Å²) in [6.45, 7) is 2.79. The zero-order valence-corrected chi connectivity index (χ0v) is 25.8. The minimum atomic E-state index is -4.86. The molecule has 2 aromatic heterocycles. The number of alkyl halides is 4. The SMILES string of the molecule is CC(C)(C(=O)Nc1cnc(C#N)c(C(F)(F)F)c1)n1cc(/C=C/C2(F)CN(c3ccc4c(c3)C(=O)N(C3CCC(=O)NC3=O)C4=O)C2)cn1. The highest BCUT2D eigenvalue weighted by Crippen LogP contribution is 2.37. The van der Waals surface area contributed by atoms with Gasteiger partial charge in [0, 0.05) is 23.9 Å². The summed E-state index contributed by atoms with van der Waals surface area (Å²) in [7, 11) is 0. The molecule has 5 heterocycles. The van der Waals surface area contributed by atoms with Crippen LogP contribution in [0.4, 0.5) is 28.9 Å². The summed E-state index contributed by atoms with van der Waals surface area (Å²) in [6.07, 6.45) is 1.75. The Balaban J connectivity index is 1.09. The minimum Gasteiger partial charge on any atom is -0.364 e. The molecule has 3 aromatic rings. The monoisotopic (exact) mass is 678 g/mol. The van der Waals surface area contributed by atoms with E-state index in [1.807, 2.05) is 0 Å². The second-order valence-electron chi connectivity index (χ2n) is 12.4. The lowest BCUT2D eigenvalue weighted by Crippen LogP contribution is -2.58. The van der Waals surface area contributed by atoms with Gasteiger partial charge in [-0.15, -0.1) is 0 Å². The number of anilines is 2. The van der Waals surface area contributed by atoms with Crippen LogP contribution in [0.1, 0.15) is 64.2 Å². The number of hydrogen-bond acceptors (Lipinski definition) is 9. The van der Waals surface area contributed by atoms with Crippen LogP contribution in [-0.2, 0) is 26.1 Å². The van der Waals surface area contributed by atoms with Gasteiger partial charge in [0.05, 0.1) is 47.9 Å². The summed E-state index contributed by atoms with van der Waals surface area (Å²) in [4.78, 5) is 68.9. The number of rotatable bonds is 7. The van der Waals surface area contributed by atoms with E-state index in [9.17, 15) is 37.1 Å². The van der Waals surface area contributed by atoms with E-state index in [-0.39, 0.29) is 42.7 Å². The van der Waals surface area contributed by atoms with E-state index in [4.69, 9.17) is 5.26 Å². The maximum absolute atomic E-state index is 15.6. The summed E-state index contributed by atoms with van der Waals surface area (Å²) in [6, 6.07) is 5.39. The Morgan fingerprint density at radius 3 is 2.49 bits per heavy atom. The van der Waals surface area contributed by atoms with Gasteiger partial charge in [-0.25, -0.2) is 9.37 Å². The molecule has 5 amide bonds. The summed E-state index contributed by atoms with van der Waals surface area (Å²) < 4.78 is 56.8. The summed E-state index contributed by atoms with van der Waals surface area (Å²) >= 11 is 0. The average Bonchev–Trinajstić information content (AvgIpc) is 3.61. The molecule has 0 saturated carbocycles. The summed E-state index contributed by atoms with van der Waals surface area (Å²) in [5.74, 6) is -3.23. The molecule has 13 nitrogen and oxygen atoms in total. The number of piperidine rings is 1. The molecule has 6 rings (SSSR count). The van der Waals surface area contributed by atoms with Crippen LogP contribution in [0.25, 0.3) is 6.08 Å². The lowest BCUT2D eigenvalue weighted by molar-refractivity contribution is -0.138. The van der Waals surface area contributed by atoms with Crippen molar-refractivity contribution in [1.82, 2.24) is 25.0 Å². The van der Waals surface area contributed by atoms with Gasteiger partial charge in [0.15, 0.2) is 11.4 Å². The Labute approximate surface area is 275 Å². The number of nitrogens with zero attached hydrogens (tertiary/aromatic N) is 6. The lowest BCUT2D eigenvalue weighted by Gasteiger charge is -2.44. The van der Waals surface area contributed by atoms with Crippen molar-refractivity contribution < 1.29 is 41.5 Å². The summed E-state index contributed by atoms with van der Waals surface area (Å²) in [5.41, 5.74) is -4.44. The van der Waals surface area contributed by atoms with Gasteiger partial charge in [-0.3, -0.25) is 38.9 Å². The van der Waals surface area contributed by atoms with Crippen molar-refractivity contribution in [3.8, 4) is 6.07 Å². The molecule has 0 spiro atoms. The van der Waals surface area contributed by atoms with Crippen molar-refractivity contribution in [3.63, 3.8) is 0 Å². The highest BCUT2D eigenvalue weighted by Gasteiger charge is 2.46. The molecule has 3 aliphatic rings. The van der Waals surface area contributed by atoms with Crippen molar-refractivity contribution in [3.05, 3.63) is 76.9 Å². The van der Waals surface area contributed by atoms with E-state index < -0.39 is 64.2 Å². The topological polar surface area (TPSA) is 170 Å². The van der Waals surface area contributed by atoms with Gasteiger partial charge in [0.25, 0.3) is 17.7 Å². The molecule has 252 valence electrons. The molecule has 3 aliphatic heterocycles. The number of pyridine rings is 1. The van der Waals surface area contributed by atoms with Crippen LogP contribution in [0.5, 0.6) is 0 Å². The third kappa shape index (κ3) is 6.01. The summed E-state index contributed by atoms with van der Waals surface area (Å²) in [5, 5.41) is 17.6. The molecular formula is C32H26F4N8O5. The number of halogens is 4. The molecule has 2 saturated heterocycles. The second kappa shape index (κ2) is 11.6. The minimum absolute atomic E-state index is 0.00430. The molecule has 1 aromatic carbocycles. The normalized spacial score (nSPS) is 19.1. The first-order valence-corrected chi connectivity index (χ1v) is 14.8. The number of carbonyl (C=O) groups excluding carboxylic acids is 5. The molecule has 2 fully saturated rings. The first-order valence-electron chi connectivity index (χ1n) is 14.8. The smallest absolute Gasteiger partial charge is 0.364 e. The van der Waals surface area contributed by atoms with Crippen molar-refractivity contribution in [2.24, 2.45) is 0 Å². The molecule has 0 aliphatic carbocycles. The van der Waals surface area contributed by atoms with E-state index >= 15 is 4.39 Å². The van der Waals surface area contributed by atoms with Gasteiger partial charge in [-0.2, -0.15) is 23.5 Å². The van der Waals surface area contributed by atoms with Crippen molar-refractivity contribution in [2.75, 3.05) is 23.3 Å². The number of amides is 5. The van der Waals surface area contributed by atoms with E-state index in [0.717, 1.165) is 11.1 Å². The predicted molar refractivity (Wildman–Crippen MR) is 162 cm³/mol. The van der Waals surface area contributed by atoms with Crippen LogP contribution in [0, 0.1) is 11.3 Å². The van der Waals surface area contributed by atoms with Gasteiger partial charge in [-0.1, -0.05) is 6.08 Å². The molecule has 1 atom stereocenters. The number of nitrogens with one attached hydrogen (secondary N) is 2. The Morgan fingerprint density at radius 2 is 1.82 bits per heavy atom. The molecule has 0 radical (unpaired) electrons. The van der Waals surface area contributed by atoms with Crippen LogP contribution < -0.4 is 15.5 Å². The maximum atomic E-state index is 15.6. The lowest BCUT2D eigenvalue weighted by atomic mass is 9.93. The van der Waals surface area contributed by atoms with Gasteiger partial charge in [-0.05, 0) is 50.6 Å². The van der Waals surface area contributed by atoms with E-state index in [0.29, 0.717) is 17.3 Å². The van der Waals surface area contributed by atoms with Gasteiger partial charge < -0.3 is 10.2 Å². The highest BCUT2D eigenvalue weighted by atomic mass is 19.4. The number of imide groups is 2. The fourth-order valence-electron chi connectivity index (χ4n) is 5.73. The van der Waals surface area contributed by atoms with Crippen molar-refractivity contribution >= 4 is 47.0 Å². The zero-order chi connectivity index (χ0) is 35.5. The fraction of sp³-hybridized carbons (Fsp3) is 0.312. The van der Waals surface area contributed by atoms with Crippen LogP contribution in [0.2, 0.25) is 0 Å². The van der Waals surface area contributed by atoms with E-state index in [1.54, 1.807) is 11.0 Å². The standard InChI is InChI=1S/C32H26F4N8O5/c1-30(2,29(49)40-18-9-22(32(34,35)36)23(11-37)38-13-18)43-14-17(12-39-43)7-8-31(33)15-42(16-31)19-3-4-20-21(10-19)28(48)44(27(20)47)24-5-6-25(45)41-26(24)46/h3-4,7-10,12-14,24H,5-6,15-16H2,1-2H3,(H,40,49)(H,41,45,46)/b8-7+. The predicted octanol–water partition coefficient (Wildman–Crippen LogP) is 3.19. The fourth-order valence-corrected chi connectivity index (χ4v) is 5.73. The Hall–Kier alpha value is -5.92. The number of hydrogen-bond donors (Lipinski definition) is 2. The van der Waals surface area contributed by atoms with E-state index in [1.165, 1.54) is 61.3 Å². The van der Waals surface area contributed by atoms with Gasteiger partial charge in [0.1, 0.15) is 17.6 Å². The number of aromatic nitrogens is 3. The van der Waals surface area contributed by atoms with Gasteiger partial charge >= 0.3 is 6.18 Å². The molecule has 49 heavy (non-hydrogen) atoms. The van der Waals surface area contributed by atoms with E-state index in [2.05, 4.69) is 20.7 Å². The Morgan fingerprint density at radius 1 is 1.10 bits per heavy atom. The number of nitriles is 1. The molecule has 2 N–H and O–H groups in total. The molecule has 0 bridgehead atoms. The van der Waals surface area contributed by atoms with Crippen LogP contribution >= 0.6 is 0 Å².